The molecule has 3 rings (SSSR count). The van der Waals surface area contributed by atoms with Crippen molar-refractivity contribution in [3.05, 3.63) is 63.9 Å². The maximum absolute atomic E-state index is 13.0. The second-order valence-electron chi connectivity index (χ2n) is 6.36. The van der Waals surface area contributed by atoms with Gasteiger partial charge < -0.3 is 5.32 Å². The highest BCUT2D eigenvalue weighted by Gasteiger charge is 2.19. The van der Waals surface area contributed by atoms with Gasteiger partial charge in [0.1, 0.15) is 5.82 Å². The number of amides is 1. The van der Waals surface area contributed by atoms with E-state index in [2.05, 4.69) is 15.1 Å². The van der Waals surface area contributed by atoms with E-state index >= 15 is 0 Å². The summed E-state index contributed by atoms with van der Waals surface area (Å²) in [7, 11) is 0. The Morgan fingerprint density at radius 1 is 0.962 bits per heavy atom. The molecule has 0 atom stereocenters. The molecule has 0 aromatic heterocycles. The number of benzene rings is 2. The van der Waals surface area contributed by atoms with E-state index in [4.69, 9.17) is 23.2 Å². The van der Waals surface area contributed by atoms with E-state index < -0.39 is 0 Å². The second kappa shape index (κ2) is 8.82. The van der Waals surface area contributed by atoms with Crippen LogP contribution in [-0.2, 0) is 11.3 Å². The van der Waals surface area contributed by atoms with Gasteiger partial charge in [-0.2, -0.15) is 0 Å². The Morgan fingerprint density at radius 2 is 1.62 bits per heavy atom. The van der Waals surface area contributed by atoms with Crippen LogP contribution < -0.4 is 5.32 Å². The van der Waals surface area contributed by atoms with E-state index in [9.17, 15) is 9.18 Å². The van der Waals surface area contributed by atoms with Crippen LogP contribution in [0.15, 0.2) is 42.5 Å². The van der Waals surface area contributed by atoms with Crippen molar-refractivity contribution in [2.24, 2.45) is 0 Å². The van der Waals surface area contributed by atoms with E-state index in [1.165, 1.54) is 12.1 Å². The third-order valence-corrected chi connectivity index (χ3v) is 5.09. The topological polar surface area (TPSA) is 35.6 Å². The molecule has 0 spiro atoms. The quantitative estimate of drug-likeness (QED) is 0.833. The molecule has 0 radical (unpaired) electrons. The van der Waals surface area contributed by atoms with E-state index in [-0.39, 0.29) is 11.7 Å². The first kappa shape index (κ1) is 19.1. The molecule has 2 aromatic carbocycles. The van der Waals surface area contributed by atoms with Gasteiger partial charge in [0.05, 0.1) is 16.6 Å². The molecule has 26 heavy (non-hydrogen) atoms. The minimum Gasteiger partial charge on any atom is -0.325 e. The lowest BCUT2D eigenvalue weighted by atomic mass is 10.2. The van der Waals surface area contributed by atoms with E-state index in [1.807, 2.05) is 12.1 Å². The Hall–Kier alpha value is -1.66. The third-order valence-electron chi connectivity index (χ3n) is 4.35. The van der Waals surface area contributed by atoms with Gasteiger partial charge in [0.2, 0.25) is 5.91 Å². The Kier molecular flexibility index (Phi) is 6.48. The first-order valence-corrected chi connectivity index (χ1v) is 9.19. The van der Waals surface area contributed by atoms with Gasteiger partial charge in [0.15, 0.2) is 0 Å². The van der Waals surface area contributed by atoms with Crippen molar-refractivity contribution in [1.82, 2.24) is 9.80 Å². The number of halogens is 3. The summed E-state index contributed by atoms with van der Waals surface area (Å²) in [6, 6.07) is 11.6. The van der Waals surface area contributed by atoms with Crippen LogP contribution in [0.5, 0.6) is 0 Å². The van der Waals surface area contributed by atoms with Crippen LogP contribution in [0, 0.1) is 5.82 Å². The van der Waals surface area contributed by atoms with Crippen LogP contribution in [0.2, 0.25) is 10.0 Å². The number of carbonyl (C=O) groups is 1. The SMILES string of the molecule is O=C(CN1CCN(Cc2ccc(F)cc2)CC1)Nc1ccc(Cl)c(Cl)c1. The number of rotatable bonds is 5. The van der Waals surface area contributed by atoms with Crippen LogP contribution in [0.3, 0.4) is 0 Å². The largest absolute Gasteiger partial charge is 0.325 e. The lowest BCUT2D eigenvalue weighted by molar-refractivity contribution is -0.117. The fourth-order valence-corrected chi connectivity index (χ4v) is 3.23. The zero-order valence-corrected chi connectivity index (χ0v) is 15.7. The predicted molar refractivity (Wildman–Crippen MR) is 103 cm³/mol. The van der Waals surface area contributed by atoms with Gasteiger partial charge in [-0.3, -0.25) is 14.6 Å². The zero-order chi connectivity index (χ0) is 18.5. The number of hydrogen-bond acceptors (Lipinski definition) is 3. The molecule has 1 fully saturated rings. The highest BCUT2D eigenvalue weighted by atomic mass is 35.5. The van der Waals surface area contributed by atoms with Crippen molar-refractivity contribution in [2.45, 2.75) is 6.54 Å². The van der Waals surface area contributed by atoms with E-state index in [1.54, 1.807) is 18.2 Å². The summed E-state index contributed by atoms with van der Waals surface area (Å²) >= 11 is 11.8. The summed E-state index contributed by atoms with van der Waals surface area (Å²) in [5, 5.41) is 3.72. The van der Waals surface area contributed by atoms with Crippen LogP contribution in [0.1, 0.15) is 5.56 Å². The smallest absolute Gasteiger partial charge is 0.238 e. The minimum atomic E-state index is -0.216. The number of anilines is 1. The normalized spacial score (nSPS) is 15.8. The van der Waals surface area contributed by atoms with Gasteiger partial charge in [-0.1, -0.05) is 35.3 Å². The molecule has 2 aromatic rings. The van der Waals surface area contributed by atoms with Gasteiger partial charge in [-0.05, 0) is 35.9 Å². The van der Waals surface area contributed by atoms with Gasteiger partial charge in [0.25, 0.3) is 0 Å². The van der Waals surface area contributed by atoms with Crippen molar-refractivity contribution >= 4 is 34.8 Å². The number of nitrogens with one attached hydrogen (secondary N) is 1. The standard InChI is InChI=1S/C19H20Cl2FN3O/c20-17-6-5-16(11-18(17)21)23-19(26)13-25-9-7-24(8-10-25)12-14-1-3-15(22)4-2-14/h1-6,11H,7-10,12-13H2,(H,23,26). The molecule has 1 aliphatic heterocycles. The first-order valence-electron chi connectivity index (χ1n) is 8.43. The highest BCUT2D eigenvalue weighted by Crippen LogP contribution is 2.25. The van der Waals surface area contributed by atoms with Crippen LogP contribution in [-0.4, -0.2) is 48.4 Å². The number of nitrogens with zero attached hydrogens (tertiary/aromatic N) is 2. The molecule has 0 bridgehead atoms. The van der Waals surface area contributed by atoms with Crippen LogP contribution >= 0.6 is 23.2 Å². The summed E-state index contributed by atoms with van der Waals surface area (Å²) < 4.78 is 13.0. The Bertz CT molecular complexity index is 762. The summed E-state index contributed by atoms with van der Waals surface area (Å²) in [6.45, 7) is 4.51. The molecule has 4 nitrogen and oxygen atoms in total. The lowest BCUT2D eigenvalue weighted by Gasteiger charge is -2.34. The van der Waals surface area contributed by atoms with Crippen LogP contribution in [0.25, 0.3) is 0 Å². The maximum atomic E-state index is 13.0. The molecule has 7 heteroatoms. The second-order valence-corrected chi connectivity index (χ2v) is 7.17. The number of carbonyl (C=O) groups excluding carboxylic acids is 1. The molecule has 1 amide bonds. The van der Waals surface area contributed by atoms with Crippen molar-refractivity contribution in [1.29, 1.82) is 0 Å². The number of hydrogen-bond donors (Lipinski definition) is 1. The summed E-state index contributed by atoms with van der Waals surface area (Å²) in [5.74, 6) is -0.290. The fourth-order valence-electron chi connectivity index (χ4n) is 2.93. The lowest BCUT2D eigenvalue weighted by Crippen LogP contribution is -2.48. The van der Waals surface area contributed by atoms with E-state index in [0.717, 1.165) is 38.3 Å². The molecule has 1 heterocycles. The monoisotopic (exact) mass is 395 g/mol. The molecule has 0 unspecified atom stereocenters. The maximum Gasteiger partial charge on any atom is 0.238 e. The molecule has 0 saturated carbocycles. The van der Waals surface area contributed by atoms with Crippen molar-refractivity contribution in [2.75, 3.05) is 38.0 Å². The highest BCUT2D eigenvalue weighted by molar-refractivity contribution is 6.42. The van der Waals surface area contributed by atoms with Crippen LogP contribution in [0.4, 0.5) is 10.1 Å². The van der Waals surface area contributed by atoms with Crippen molar-refractivity contribution < 1.29 is 9.18 Å². The van der Waals surface area contributed by atoms with Crippen molar-refractivity contribution in [3.63, 3.8) is 0 Å². The third kappa shape index (κ3) is 5.42. The molecule has 0 aliphatic carbocycles. The molecule has 1 saturated heterocycles. The van der Waals surface area contributed by atoms with E-state index in [0.29, 0.717) is 22.3 Å². The van der Waals surface area contributed by atoms with Gasteiger partial charge in [-0.15, -0.1) is 0 Å². The van der Waals surface area contributed by atoms with Gasteiger partial charge in [-0.25, -0.2) is 4.39 Å². The number of piperazine rings is 1. The van der Waals surface area contributed by atoms with Crippen molar-refractivity contribution in [3.8, 4) is 0 Å². The Balaban J connectivity index is 1.43. The average molecular weight is 396 g/mol. The fraction of sp³-hybridized carbons (Fsp3) is 0.316. The molecule has 1 aliphatic rings. The minimum absolute atomic E-state index is 0.0737. The molecular formula is C19H20Cl2FN3O. The Labute approximate surface area is 162 Å². The van der Waals surface area contributed by atoms with Gasteiger partial charge >= 0.3 is 0 Å². The zero-order valence-electron chi connectivity index (χ0n) is 14.2. The molecule has 1 N–H and O–H groups in total. The summed E-state index contributed by atoms with van der Waals surface area (Å²) in [6.07, 6.45) is 0. The predicted octanol–water partition coefficient (Wildman–Crippen LogP) is 3.89. The average Bonchev–Trinajstić information content (AvgIpc) is 2.62. The molecular weight excluding hydrogens is 376 g/mol. The Morgan fingerprint density at radius 3 is 2.27 bits per heavy atom. The summed E-state index contributed by atoms with van der Waals surface area (Å²) in [4.78, 5) is 16.6. The van der Waals surface area contributed by atoms with Gasteiger partial charge in [0, 0.05) is 38.4 Å². The molecule has 138 valence electrons. The first-order chi connectivity index (χ1) is 12.5. The summed E-state index contributed by atoms with van der Waals surface area (Å²) in [5.41, 5.74) is 1.73.